The van der Waals surface area contributed by atoms with Crippen LogP contribution in [0.5, 0.6) is 0 Å². The number of pyridine rings is 1. The molecule has 0 spiro atoms. The molecular formula is C15H16N2O2. The van der Waals surface area contributed by atoms with Gasteiger partial charge in [-0.2, -0.15) is 0 Å². The van der Waals surface area contributed by atoms with E-state index in [1.54, 1.807) is 24.2 Å². The molecule has 0 radical (unpaired) electrons. The molecule has 0 atom stereocenters. The summed E-state index contributed by atoms with van der Waals surface area (Å²) in [5, 5.41) is 0. The van der Waals surface area contributed by atoms with Gasteiger partial charge in [-0.05, 0) is 25.1 Å². The van der Waals surface area contributed by atoms with E-state index in [1.807, 2.05) is 37.3 Å². The van der Waals surface area contributed by atoms with Gasteiger partial charge in [0.2, 0.25) is 5.56 Å². The smallest absolute Gasteiger partial charge is 0.259 e. The van der Waals surface area contributed by atoms with Crippen LogP contribution in [0.3, 0.4) is 0 Å². The van der Waals surface area contributed by atoms with Crippen LogP contribution >= 0.6 is 0 Å². The minimum Gasteiger partial charge on any atom is -0.318 e. The average Bonchev–Trinajstić information content (AvgIpc) is 2.44. The Balaban J connectivity index is 2.36. The number of para-hydroxylation sites is 1. The van der Waals surface area contributed by atoms with Gasteiger partial charge in [-0.3, -0.25) is 9.59 Å². The number of aryl methyl sites for hydroxylation is 1. The number of hydrogen-bond acceptors (Lipinski definition) is 2. The van der Waals surface area contributed by atoms with Gasteiger partial charge in [0.1, 0.15) is 0 Å². The first kappa shape index (κ1) is 13.1. The first-order valence-electron chi connectivity index (χ1n) is 6.17. The predicted molar refractivity (Wildman–Crippen MR) is 75.5 cm³/mol. The largest absolute Gasteiger partial charge is 0.318 e. The maximum Gasteiger partial charge on any atom is 0.259 e. The van der Waals surface area contributed by atoms with E-state index in [0.29, 0.717) is 12.1 Å². The molecule has 19 heavy (non-hydrogen) atoms. The van der Waals surface area contributed by atoms with Crippen molar-refractivity contribution >= 4 is 11.6 Å². The van der Waals surface area contributed by atoms with Crippen molar-refractivity contribution in [1.29, 1.82) is 0 Å². The summed E-state index contributed by atoms with van der Waals surface area (Å²) >= 11 is 0. The molecule has 0 aliphatic rings. The first-order valence-corrected chi connectivity index (χ1v) is 6.17. The van der Waals surface area contributed by atoms with Crippen LogP contribution in [0.1, 0.15) is 17.3 Å². The van der Waals surface area contributed by atoms with Gasteiger partial charge in [0.05, 0.1) is 5.56 Å². The minimum absolute atomic E-state index is 0.107. The van der Waals surface area contributed by atoms with Gasteiger partial charge in [-0.15, -0.1) is 0 Å². The normalized spacial score (nSPS) is 10.2. The zero-order chi connectivity index (χ0) is 13.8. The van der Waals surface area contributed by atoms with Crippen molar-refractivity contribution in [2.45, 2.75) is 6.92 Å². The molecule has 1 aromatic carbocycles. The van der Waals surface area contributed by atoms with E-state index >= 15 is 0 Å². The van der Waals surface area contributed by atoms with Crippen molar-refractivity contribution in [2.75, 3.05) is 11.4 Å². The monoisotopic (exact) mass is 256 g/mol. The van der Waals surface area contributed by atoms with Crippen LogP contribution in [0.25, 0.3) is 0 Å². The minimum atomic E-state index is -0.126. The fourth-order valence-corrected chi connectivity index (χ4v) is 1.93. The molecule has 0 bridgehead atoms. The number of amides is 1. The molecule has 0 fully saturated rings. The molecule has 1 heterocycles. The van der Waals surface area contributed by atoms with Crippen molar-refractivity contribution in [3.8, 4) is 0 Å². The second-order valence-corrected chi connectivity index (χ2v) is 4.25. The topological polar surface area (TPSA) is 42.3 Å². The molecule has 0 aliphatic carbocycles. The van der Waals surface area contributed by atoms with E-state index in [2.05, 4.69) is 0 Å². The summed E-state index contributed by atoms with van der Waals surface area (Å²) in [6.45, 7) is 2.50. The van der Waals surface area contributed by atoms with Gasteiger partial charge in [-0.1, -0.05) is 18.2 Å². The van der Waals surface area contributed by atoms with Crippen LogP contribution in [0.2, 0.25) is 0 Å². The molecule has 98 valence electrons. The number of anilines is 1. The Morgan fingerprint density at radius 3 is 2.42 bits per heavy atom. The molecule has 0 aliphatic heterocycles. The lowest BCUT2D eigenvalue weighted by atomic mass is 10.2. The summed E-state index contributed by atoms with van der Waals surface area (Å²) in [6, 6.07) is 12.5. The second kappa shape index (κ2) is 5.52. The zero-order valence-electron chi connectivity index (χ0n) is 11.0. The zero-order valence-corrected chi connectivity index (χ0v) is 11.0. The summed E-state index contributed by atoms with van der Waals surface area (Å²) in [4.78, 5) is 25.5. The molecular weight excluding hydrogens is 240 g/mol. The molecule has 4 nitrogen and oxygen atoms in total. The van der Waals surface area contributed by atoms with Crippen molar-refractivity contribution in [3.05, 3.63) is 64.6 Å². The number of carbonyl (C=O) groups is 1. The van der Waals surface area contributed by atoms with E-state index in [9.17, 15) is 9.59 Å². The third kappa shape index (κ3) is 2.73. The third-order valence-electron chi connectivity index (χ3n) is 2.96. The summed E-state index contributed by atoms with van der Waals surface area (Å²) in [6.07, 6.45) is 1.57. The summed E-state index contributed by atoms with van der Waals surface area (Å²) < 4.78 is 1.41. The van der Waals surface area contributed by atoms with E-state index in [4.69, 9.17) is 0 Å². The molecule has 4 heteroatoms. The number of carbonyl (C=O) groups excluding carboxylic acids is 1. The standard InChI is InChI=1S/C15H16N2O2/c1-3-17(13-7-5-4-6-8-13)15(19)12-9-10-14(18)16(2)11-12/h4-11H,3H2,1-2H3. The lowest BCUT2D eigenvalue weighted by molar-refractivity contribution is 0.0987. The lowest BCUT2D eigenvalue weighted by Crippen LogP contribution is -2.31. The van der Waals surface area contributed by atoms with Gasteiger partial charge in [0.25, 0.3) is 5.91 Å². The van der Waals surface area contributed by atoms with Gasteiger partial charge in [0, 0.05) is 31.5 Å². The lowest BCUT2D eigenvalue weighted by Gasteiger charge is -2.21. The van der Waals surface area contributed by atoms with Gasteiger partial charge in [-0.25, -0.2) is 0 Å². The number of benzene rings is 1. The van der Waals surface area contributed by atoms with Crippen LogP contribution < -0.4 is 10.5 Å². The van der Waals surface area contributed by atoms with Crippen molar-refractivity contribution in [2.24, 2.45) is 7.05 Å². The highest BCUT2D eigenvalue weighted by Gasteiger charge is 2.16. The Labute approximate surface area is 111 Å². The molecule has 0 saturated carbocycles. The van der Waals surface area contributed by atoms with Gasteiger partial charge >= 0.3 is 0 Å². The quantitative estimate of drug-likeness (QED) is 0.843. The number of hydrogen-bond donors (Lipinski definition) is 0. The number of rotatable bonds is 3. The summed E-state index contributed by atoms with van der Waals surface area (Å²) in [5.74, 6) is -0.107. The molecule has 0 saturated heterocycles. The van der Waals surface area contributed by atoms with Crippen LogP contribution in [0.15, 0.2) is 53.5 Å². The van der Waals surface area contributed by atoms with Gasteiger partial charge < -0.3 is 9.47 Å². The maximum absolute atomic E-state index is 12.5. The summed E-state index contributed by atoms with van der Waals surface area (Å²) in [5.41, 5.74) is 1.23. The SMILES string of the molecule is CCN(C(=O)c1ccc(=O)n(C)c1)c1ccccc1. The number of aromatic nitrogens is 1. The van der Waals surface area contributed by atoms with Crippen LogP contribution in [-0.4, -0.2) is 17.0 Å². The fourth-order valence-electron chi connectivity index (χ4n) is 1.93. The van der Waals surface area contributed by atoms with E-state index in [1.165, 1.54) is 10.6 Å². The van der Waals surface area contributed by atoms with Crippen molar-refractivity contribution < 1.29 is 4.79 Å². The Hall–Kier alpha value is -2.36. The van der Waals surface area contributed by atoms with Crippen LogP contribution in [-0.2, 0) is 7.05 Å². The van der Waals surface area contributed by atoms with E-state index in [-0.39, 0.29) is 11.5 Å². The highest BCUT2D eigenvalue weighted by molar-refractivity contribution is 6.05. The Kier molecular flexibility index (Phi) is 3.80. The van der Waals surface area contributed by atoms with Crippen LogP contribution in [0, 0.1) is 0 Å². The number of nitrogens with zero attached hydrogens (tertiary/aromatic N) is 2. The predicted octanol–water partition coefficient (Wildman–Crippen LogP) is 2.05. The van der Waals surface area contributed by atoms with Crippen LogP contribution in [0.4, 0.5) is 5.69 Å². The Morgan fingerprint density at radius 2 is 1.84 bits per heavy atom. The highest BCUT2D eigenvalue weighted by atomic mass is 16.2. The van der Waals surface area contributed by atoms with Crippen molar-refractivity contribution in [3.63, 3.8) is 0 Å². The second-order valence-electron chi connectivity index (χ2n) is 4.25. The average molecular weight is 256 g/mol. The third-order valence-corrected chi connectivity index (χ3v) is 2.96. The van der Waals surface area contributed by atoms with Crippen molar-refractivity contribution in [1.82, 2.24) is 4.57 Å². The van der Waals surface area contributed by atoms with E-state index in [0.717, 1.165) is 5.69 Å². The highest BCUT2D eigenvalue weighted by Crippen LogP contribution is 2.15. The van der Waals surface area contributed by atoms with Gasteiger partial charge in [0.15, 0.2) is 0 Å². The van der Waals surface area contributed by atoms with E-state index < -0.39 is 0 Å². The molecule has 2 aromatic rings. The Morgan fingerprint density at radius 1 is 1.16 bits per heavy atom. The molecule has 1 amide bonds. The summed E-state index contributed by atoms with van der Waals surface area (Å²) in [7, 11) is 1.64. The fraction of sp³-hybridized carbons (Fsp3) is 0.200. The molecule has 1 aromatic heterocycles. The molecule has 0 N–H and O–H groups in total. The Bertz CT molecular complexity index is 632. The molecule has 0 unspecified atom stereocenters. The maximum atomic E-state index is 12.5. The molecule has 2 rings (SSSR count). The first-order chi connectivity index (χ1) is 9.13.